The second-order valence-corrected chi connectivity index (χ2v) is 9.80. The van der Waals surface area contributed by atoms with Crippen LogP contribution in [-0.2, 0) is 40.4 Å². The van der Waals surface area contributed by atoms with E-state index in [9.17, 15) is 32.4 Å². The van der Waals surface area contributed by atoms with Crippen molar-refractivity contribution in [2.45, 2.75) is 38.3 Å². The minimum Gasteiger partial charge on any atom is -0.345 e. The molecule has 0 bridgehead atoms. The van der Waals surface area contributed by atoms with Gasteiger partial charge in [0.15, 0.2) is 0 Å². The summed E-state index contributed by atoms with van der Waals surface area (Å²) < 4.78 is 23.9. The van der Waals surface area contributed by atoms with E-state index in [1.807, 2.05) is 42.5 Å². The molecule has 2 aromatic rings. The molecule has 0 saturated heterocycles. The minimum atomic E-state index is -3.74. The van der Waals surface area contributed by atoms with Gasteiger partial charge in [0.1, 0.15) is 12.3 Å². The molecule has 0 aromatic heterocycles. The van der Waals surface area contributed by atoms with E-state index in [4.69, 9.17) is 0 Å². The molecule has 0 heterocycles. The molecule has 0 fully saturated rings. The summed E-state index contributed by atoms with van der Waals surface area (Å²) in [7, 11) is -3.74. The van der Waals surface area contributed by atoms with E-state index in [2.05, 4.69) is 16.0 Å². The summed E-state index contributed by atoms with van der Waals surface area (Å²) in [6, 6.07) is 14.3. The molecule has 0 aliphatic carbocycles. The second-order valence-electron chi connectivity index (χ2n) is 8.06. The Morgan fingerprint density at radius 1 is 0.917 bits per heavy atom. The first-order valence-corrected chi connectivity index (χ1v) is 12.9. The van der Waals surface area contributed by atoms with Gasteiger partial charge in [0.05, 0.1) is 12.3 Å². The number of nitrogens with one attached hydrogen (secondary N) is 4. The van der Waals surface area contributed by atoms with E-state index in [1.165, 1.54) is 6.92 Å². The third kappa shape index (κ3) is 9.66. The number of carbonyl (C=O) groups excluding carboxylic acids is 5. The molecular weight excluding hydrogens is 488 g/mol. The Morgan fingerprint density at radius 2 is 1.56 bits per heavy atom. The SMILES string of the molecule is CC(NC(=O)C(=O)Nc1ccccc1Cc1ccccc1)C(=O)NC(C=O)CCC(=O)NS(C)(=O)=O. The van der Waals surface area contributed by atoms with Gasteiger partial charge in [0.2, 0.25) is 21.8 Å². The van der Waals surface area contributed by atoms with Gasteiger partial charge in [0, 0.05) is 12.1 Å². The van der Waals surface area contributed by atoms with Crippen LogP contribution in [0.5, 0.6) is 0 Å². The van der Waals surface area contributed by atoms with Crippen molar-refractivity contribution in [3.05, 3.63) is 65.7 Å². The highest BCUT2D eigenvalue weighted by atomic mass is 32.2. The summed E-state index contributed by atoms with van der Waals surface area (Å²) in [4.78, 5) is 60.0. The molecule has 0 aliphatic rings. The third-order valence-electron chi connectivity index (χ3n) is 4.92. The van der Waals surface area contributed by atoms with Crippen molar-refractivity contribution in [2.75, 3.05) is 11.6 Å². The predicted molar refractivity (Wildman–Crippen MR) is 132 cm³/mol. The average molecular weight is 517 g/mol. The van der Waals surface area contributed by atoms with E-state index in [-0.39, 0.29) is 12.8 Å². The lowest BCUT2D eigenvalue weighted by Crippen LogP contribution is -2.51. The van der Waals surface area contributed by atoms with Gasteiger partial charge in [-0.25, -0.2) is 8.42 Å². The zero-order valence-electron chi connectivity index (χ0n) is 19.8. The molecule has 2 atom stereocenters. The van der Waals surface area contributed by atoms with E-state index in [1.54, 1.807) is 16.9 Å². The Morgan fingerprint density at radius 3 is 2.19 bits per heavy atom. The Balaban J connectivity index is 1.90. The van der Waals surface area contributed by atoms with Crippen LogP contribution in [0.3, 0.4) is 0 Å². The number of para-hydroxylation sites is 1. The number of benzene rings is 2. The zero-order chi connectivity index (χ0) is 26.7. The lowest BCUT2D eigenvalue weighted by atomic mass is 10.0. The number of rotatable bonds is 11. The summed E-state index contributed by atoms with van der Waals surface area (Å²) in [5, 5.41) is 7.13. The Kier molecular flexibility index (Phi) is 10.3. The summed E-state index contributed by atoms with van der Waals surface area (Å²) in [5.74, 6) is -3.62. The molecule has 0 radical (unpaired) electrons. The van der Waals surface area contributed by atoms with Crippen LogP contribution in [0, 0.1) is 0 Å². The van der Waals surface area contributed by atoms with Gasteiger partial charge in [0.25, 0.3) is 0 Å². The summed E-state index contributed by atoms with van der Waals surface area (Å²) in [6.07, 6.45) is 1.24. The topological polar surface area (TPSA) is 168 Å². The van der Waals surface area contributed by atoms with Gasteiger partial charge in [-0.3, -0.25) is 23.9 Å². The fourth-order valence-corrected chi connectivity index (χ4v) is 3.66. The maximum atomic E-state index is 12.4. The fraction of sp³-hybridized carbons (Fsp3) is 0.292. The van der Waals surface area contributed by atoms with Gasteiger partial charge in [-0.2, -0.15) is 0 Å². The van der Waals surface area contributed by atoms with E-state index in [0.29, 0.717) is 18.4 Å². The smallest absolute Gasteiger partial charge is 0.313 e. The molecule has 2 unspecified atom stereocenters. The minimum absolute atomic E-state index is 0.157. The molecule has 192 valence electrons. The number of hydrogen-bond acceptors (Lipinski definition) is 7. The summed E-state index contributed by atoms with van der Waals surface area (Å²) in [5.41, 5.74) is 2.27. The third-order valence-corrected chi connectivity index (χ3v) is 5.52. The van der Waals surface area contributed by atoms with E-state index < -0.39 is 45.7 Å². The monoisotopic (exact) mass is 516 g/mol. The van der Waals surface area contributed by atoms with Gasteiger partial charge in [-0.05, 0) is 37.0 Å². The van der Waals surface area contributed by atoms with Crippen molar-refractivity contribution in [1.82, 2.24) is 15.4 Å². The van der Waals surface area contributed by atoms with Crippen molar-refractivity contribution < 1.29 is 32.4 Å². The van der Waals surface area contributed by atoms with Crippen LogP contribution >= 0.6 is 0 Å². The fourth-order valence-electron chi connectivity index (χ4n) is 3.15. The van der Waals surface area contributed by atoms with Crippen molar-refractivity contribution in [2.24, 2.45) is 0 Å². The molecule has 2 rings (SSSR count). The molecule has 4 N–H and O–H groups in total. The average Bonchev–Trinajstić information content (AvgIpc) is 2.82. The summed E-state index contributed by atoms with van der Waals surface area (Å²) in [6.45, 7) is 1.32. The molecule has 12 heteroatoms. The van der Waals surface area contributed by atoms with Crippen LogP contribution in [0.4, 0.5) is 5.69 Å². The van der Waals surface area contributed by atoms with Gasteiger partial charge >= 0.3 is 11.8 Å². The van der Waals surface area contributed by atoms with Crippen LogP contribution in [0.25, 0.3) is 0 Å². The Bertz CT molecular complexity index is 1220. The summed E-state index contributed by atoms with van der Waals surface area (Å²) >= 11 is 0. The maximum Gasteiger partial charge on any atom is 0.313 e. The number of carbonyl (C=O) groups is 5. The highest BCUT2D eigenvalue weighted by Crippen LogP contribution is 2.19. The Hall–Kier alpha value is -4.06. The first-order chi connectivity index (χ1) is 17.0. The lowest BCUT2D eigenvalue weighted by Gasteiger charge is -2.18. The number of sulfonamides is 1. The highest BCUT2D eigenvalue weighted by molar-refractivity contribution is 7.89. The van der Waals surface area contributed by atoms with Crippen molar-refractivity contribution in [3.63, 3.8) is 0 Å². The molecule has 0 aliphatic heterocycles. The van der Waals surface area contributed by atoms with Crippen LogP contribution in [0.1, 0.15) is 30.9 Å². The number of hydrogen-bond donors (Lipinski definition) is 4. The first kappa shape index (κ1) is 28.2. The van der Waals surface area contributed by atoms with Gasteiger partial charge in [-0.15, -0.1) is 0 Å². The molecule has 4 amide bonds. The van der Waals surface area contributed by atoms with Crippen molar-refractivity contribution in [3.8, 4) is 0 Å². The zero-order valence-corrected chi connectivity index (χ0v) is 20.6. The number of amides is 4. The normalized spacial score (nSPS) is 12.5. The molecule has 0 saturated carbocycles. The molecule has 0 spiro atoms. The quantitative estimate of drug-likeness (QED) is 0.245. The van der Waals surface area contributed by atoms with E-state index >= 15 is 0 Å². The highest BCUT2D eigenvalue weighted by Gasteiger charge is 2.23. The van der Waals surface area contributed by atoms with Crippen LogP contribution < -0.4 is 20.7 Å². The van der Waals surface area contributed by atoms with Gasteiger partial charge in [-0.1, -0.05) is 48.5 Å². The lowest BCUT2D eigenvalue weighted by molar-refractivity contribution is -0.138. The number of anilines is 1. The van der Waals surface area contributed by atoms with Crippen molar-refractivity contribution >= 4 is 45.6 Å². The molecule has 36 heavy (non-hydrogen) atoms. The van der Waals surface area contributed by atoms with E-state index in [0.717, 1.165) is 17.4 Å². The van der Waals surface area contributed by atoms with Crippen molar-refractivity contribution in [1.29, 1.82) is 0 Å². The van der Waals surface area contributed by atoms with Crippen LogP contribution in [-0.4, -0.2) is 56.7 Å². The largest absolute Gasteiger partial charge is 0.345 e. The number of aldehydes is 1. The van der Waals surface area contributed by atoms with Crippen LogP contribution in [0.15, 0.2) is 54.6 Å². The molecule has 11 nitrogen and oxygen atoms in total. The van der Waals surface area contributed by atoms with Gasteiger partial charge < -0.3 is 20.7 Å². The second kappa shape index (κ2) is 13.1. The molecular formula is C24H28N4O7S. The van der Waals surface area contributed by atoms with Crippen LogP contribution in [0.2, 0.25) is 0 Å². The predicted octanol–water partition coefficient (Wildman–Crippen LogP) is 0.260. The Labute approximate surface area is 209 Å². The standard InChI is InChI=1S/C24H28N4O7S/c1-16(22(31)26-19(15-29)12-13-21(30)28-36(2,34)35)25-23(32)24(33)27-20-11-7-6-10-18(20)14-17-8-4-3-5-9-17/h3-11,15-16,19H,12-14H2,1-2H3,(H,25,32)(H,26,31)(H,27,33)(H,28,30). The maximum absolute atomic E-state index is 12.4. The molecule has 2 aromatic carbocycles. The first-order valence-electron chi connectivity index (χ1n) is 11.0.